The highest BCUT2D eigenvalue weighted by Gasteiger charge is 2.46. The van der Waals surface area contributed by atoms with Gasteiger partial charge in [0.2, 0.25) is 0 Å². The molecule has 12 heteroatoms. The van der Waals surface area contributed by atoms with Gasteiger partial charge in [0.15, 0.2) is 10.7 Å². The number of alkyl carbamates (subject to hydrolysis) is 1. The van der Waals surface area contributed by atoms with Crippen molar-refractivity contribution in [1.29, 1.82) is 0 Å². The lowest BCUT2D eigenvalue weighted by atomic mass is 9.79. The monoisotopic (exact) mass is 464 g/mol. The molecule has 11 nitrogen and oxygen atoms in total. The lowest BCUT2D eigenvalue weighted by molar-refractivity contribution is -0.380. The molecule has 0 unspecified atom stereocenters. The molecule has 0 aliphatic carbocycles. The predicted octanol–water partition coefficient (Wildman–Crippen LogP) is 3.76. The third-order valence-corrected chi connectivity index (χ3v) is 5.24. The van der Waals surface area contributed by atoms with Crippen molar-refractivity contribution in [1.82, 2.24) is 10.3 Å². The van der Waals surface area contributed by atoms with Crippen LogP contribution >= 0.6 is 11.3 Å². The van der Waals surface area contributed by atoms with Gasteiger partial charge >= 0.3 is 17.1 Å². The molecule has 1 aromatic carbocycles. The van der Waals surface area contributed by atoms with E-state index in [2.05, 4.69) is 15.6 Å². The summed E-state index contributed by atoms with van der Waals surface area (Å²) in [6.45, 7) is 8.19. The normalized spacial score (nSPS) is 13.2. The molecule has 0 saturated carbocycles. The molecule has 0 radical (unpaired) electrons. The van der Waals surface area contributed by atoms with E-state index in [1.165, 1.54) is 24.3 Å². The van der Waals surface area contributed by atoms with Gasteiger partial charge in [0.1, 0.15) is 11.8 Å². The molecule has 1 aromatic heterocycles. The average Bonchev–Trinajstić information content (AvgIpc) is 3.13. The Balaban J connectivity index is 2.40. The van der Waals surface area contributed by atoms with Crippen molar-refractivity contribution in [2.45, 2.75) is 45.8 Å². The summed E-state index contributed by atoms with van der Waals surface area (Å²) in [5.74, 6) is -2.59. The zero-order chi connectivity index (χ0) is 24.3. The second kappa shape index (κ2) is 9.30. The molecule has 0 bridgehead atoms. The first-order valence-corrected chi connectivity index (χ1v) is 10.3. The fourth-order valence-electron chi connectivity index (χ4n) is 2.92. The third-order valence-electron chi connectivity index (χ3n) is 4.38. The zero-order valence-electron chi connectivity index (χ0n) is 18.2. The molecule has 3 N–H and O–H groups in total. The van der Waals surface area contributed by atoms with Crippen molar-refractivity contribution in [2.75, 3.05) is 5.32 Å². The summed E-state index contributed by atoms with van der Waals surface area (Å²) in [7, 11) is 0. The second-order valence-electron chi connectivity index (χ2n) is 8.19. The fraction of sp³-hybridized carbons (Fsp3) is 0.400. The Morgan fingerprint density at radius 3 is 2.41 bits per heavy atom. The van der Waals surface area contributed by atoms with Crippen LogP contribution in [0, 0.1) is 16.0 Å². The standard InChI is InChI=1S/C20H24N4O7S/c1-11(2)20(16(26)27,23-18(28)31-19(3,4)5)13-8-6-7-12(9-13)15(25)22-17-21-10-14(32-17)24(29)30/h6-11H,1-5H3,(H,23,28)(H,26,27)(H,21,22,25)/t20-/m0/s1. The van der Waals surface area contributed by atoms with Crippen LogP contribution in [0.25, 0.3) is 0 Å². The van der Waals surface area contributed by atoms with Gasteiger partial charge in [-0.05, 0) is 55.7 Å². The third kappa shape index (κ3) is 5.58. The molecular weight excluding hydrogens is 440 g/mol. The minimum atomic E-state index is -1.88. The van der Waals surface area contributed by atoms with Crippen LogP contribution in [0.3, 0.4) is 0 Å². The summed E-state index contributed by atoms with van der Waals surface area (Å²) in [5.41, 5.74) is -2.48. The van der Waals surface area contributed by atoms with Gasteiger partial charge in [0.05, 0.1) is 4.92 Å². The van der Waals surface area contributed by atoms with Crippen LogP contribution in [0.4, 0.5) is 14.9 Å². The van der Waals surface area contributed by atoms with Crippen LogP contribution < -0.4 is 10.6 Å². The van der Waals surface area contributed by atoms with Crippen LogP contribution in [0.15, 0.2) is 30.5 Å². The van der Waals surface area contributed by atoms with E-state index in [4.69, 9.17) is 4.74 Å². The van der Waals surface area contributed by atoms with Crippen molar-refractivity contribution < 1.29 is 29.2 Å². The number of nitrogens with zero attached hydrogens (tertiary/aromatic N) is 2. The quantitative estimate of drug-likeness (QED) is 0.412. The zero-order valence-corrected chi connectivity index (χ0v) is 19.0. The first kappa shape index (κ1) is 24.7. The summed E-state index contributed by atoms with van der Waals surface area (Å²) in [6, 6.07) is 5.74. The summed E-state index contributed by atoms with van der Waals surface area (Å²) in [5, 5.41) is 25.5. The van der Waals surface area contributed by atoms with Crippen LogP contribution in [-0.4, -0.2) is 38.6 Å². The lowest BCUT2D eigenvalue weighted by Crippen LogP contribution is -2.56. The molecule has 1 atom stereocenters. The van der Waals surface area contributed by atoms with Gasteiger partial charge in [-0.15, -0.1) is 0 Å². The molecule has 0 aliphatic rings. The smallest absolute Gasteiger partial charge is 0.408 e. The second-order valence-corrected chi connectivity index (χ2v) is 9.20. The summed E-state index contributed by atoms with van der Waals surface area (Å²) < 4.78 is 5.24. The number of benzene rings is 1. The number of nitro groups is 1. The van der Waals surface area contributed by atoms with Crippen molar-refractivity contribution in [3.8, 4) is 0 Å². The van der Waals surface area contributed by atoms with Crippen LogP contribution in [0.2, 0.25) is 0 Å². The number of ether oxygens (including phenoxy) is 1. The van der Waals surface area contributed by atoms with Crippen LogP contribution in [0.1, 0.15) is 50.5 Å². The number of carbonyl (C=O) groups excluding carboxylic acids is 2. The molecule has 0 fully saturated rings. The van der Waals surface area contributed by atoms with Crippen molar-refractivity contribution in [3.63, 3.8) is 0 Å². The molecular formula is C20H24N4O7S. The van der Waals surface area contributed by atoms with Crippen LogP contribution in [0.5, 0.6) is 0 Å². The molecule has 0 saturated heterocycles. The molecule has 2 rings (SSSR count). The van der Waals surface area contributed by atoms with Gasteiger partial charge in [-0.3, -0.25) is 20.2 Å². The van der Waals surface area contributed by atoms with Gasteiger partial charge in [-0.1, -0.05) is 26.0 Å². The maximum atomic E-state index is 12.6. The number of aromatic nitrogens is 1. The molecule has 172 valence electrons. The molecule has 0 aliphatic heterocycles. The van der Waals surface area contributed by atoms with E-state index in [-0.39, 0.29) is 21.3 Å². The van der Waals surface area contributed by atoms with E-state index >= 15 is 0 Å². The maximum absolute atomic E-state index is 12.6. The number of carboxylic acid groups (broad SMARTS) is 1. The van der Waals surface area contributed by atoms with Gasteiger partial charge < -0.3 is 15.2 Å². The lowest BCUT2D eigenvalue weighted by Gasteiger charge is -2.35. The highest BCUT2D eigenvalue weighted by Crippen LogP contribution is 2.32. The number of carboxylic acids is 1. The Hall–Kier alpha value is -3.54. The SMILES string of the molecule is CC(C)[C@@](NC(=O)OC(C)(C)C)(C(=O)O)c1cccc(C(=O)Nc2ncc([N+](=O)[O-])s2)c1. The largest absolute Gasteiger partial charge is 0.479 e. The number of rotatable bonds is 7. The summed E-state index contributed by atoms with van der Waals surface area (Å²) in [4.78, 5) is 51.4. The number of thiazole rings is 1. The number of aliphatic carboxylic acids is 1. The highest BCUT2D eigenvalue weighted by atomic mass is 32.1. The van der Waals surface area contributed by atoms with Gasteiger partial charge in [-0.25, -0.2) is 14.6 Å². The number of carbonyl (C=O) groups is 3. The topological polar surface area (TPSA) is 161 Å². The first-order valence-electron chi connectivity index (χ1n) is 9.53. The Morgan fingerprint density at radius 2 is 1.91 bits per heavy atom. The van der Waals surface area contributed by atoms with E-state index in [0.717, 1.165) is 6.20 Å². The van der Waals surface area contributed by atoms with Crippen molar-refractivity contribution in [2.24, 2.45) is 5.92 Å². The van der Waals surface area contributed by atoms with E-state index in [9.17, 15) is 29.6 Å². The number of amides is 2. The Labute approximate surface area is 188 Å². The van der Waals surface area contributed by atoms with Crippen LogP contribution in [-0.2, 0) is 15.1 Å². The minimum Gasteiger partial charge on any atom is -0.479 e. The van der Waals surface area contributed by atoms with E-state index < -0.39 is 40.0 Å². The summed E-state index contributed by atoms with van der Waals surface area (Å²) in [6.07, 6.45) is 0.105. The molecule has 2 amide bonds. The van der Waals surface area contributed by atoms with Gasteiger partial charge in [0, 0.05) is 5.56 Å². The Kier molecular flexibility index (Phi) is 7.19. The van der Waals surface area contributed by atoms with Gasteiger partial charge in [0.25, 0.3) is 5.91 Å². The fourth-order valence-corrected chi connectivity index (χ4v) is 3.55. The van der Waals surface area contributed by atoms with E-state index in [1.54, 1.807) is 34.6 Å². The molecule has 0 spiro atoms. The molecule has 1 heterocycles. The van der Waals surface area contributed by atoms with E-state index in [1.807, 2.05) is 0 Å². The number of anilines is 1. The summed E-state index contributed by atoms with van der Waals surface area (Å²) >= 11 is 0.687. The van der Waals surface area contributed by atoms with Crippen molar-refractivity contribution in [3.05, 3.63) is 51.7 Å². The van der Waals surface area contributed by atoms with Crippen molar-refractivity contribution >= 4 is 39.4 Å². The Bertz CT molecular complexity index is 1040. The molecule has 32 heavy (non-hydrogen) atoms. The first-order chi connectivity index (χ1) is 14.8. The average molecular weight is 465 g/mol. The maximum Gasteiger partial charge on any atom is 0.408 e. The minimum absolute atomic E-state index is 0.0207. The Morgan fingerprint density at radius 1 is 1.25 bits per heavy atom. The number of nitrogens with one attached hydrogen (secondary N) is 2. The predicted molar refractivity (Wildman–Crippen MR) is 117 cm³/mol. The number of hydrogen-bond donors (Lipinski definition) is 3. The highest BCUT2D eigenvalue weighted by molar-refractivity contribution is 7.18. The van der Waals surface area contributed by atoms with Gasteiger partial charge in [-0.2, -0.15) is 0 Å². The van der Waals surface area contributed by atoms with E-state index in [0.29, 0.717) is 11.3 Å². The number of hydrogen-bond acceptors (Lipinski definition) is 8. The molecule has 2 aromatic rings.